The predicted molar refractivity (Wildman–Crippen MR) is 135 cm³/mol. The first kappa shape index (κ1) is 25.8. The maximum atomic E-state index is 13.4. The Morgan fingerprint density at radius 2 is 1.51 bits per heavy atom. The Bertz CT molecular complexity index is 1330. The van der Waals surface area contributed by atoms with Crippen molar-refractivity contribution in [3.05, 3.63) is 120 Å². The molecular formula is C29H24F4N2O2. The lowest BCUT2D eigenvalue weighted by atomic mass is 10.1. The van der Waals surface area contributed by atoms with Crippen molar-refractivity contribution in [3.8, 4) is 11.5 Å². The van der Waals surface area contributed by atoms with Crippen LogP contribution in [0.15, 0.2) is 103 Å². The van der Waals surface area contributed by atoms with Gasteiger partial charge in [-0.2, -0.15) is 13.2 Å². The summed E-state index contributed by atoms with van der Waals surface area (Å²) in [5, 5.41) is 2.54. The Morgan fingerprint density at radius 3 is 2.24 bits per heavy atom. The number of benzene rings is 4. The van der Waals surface area contributed by atoms with E-state index in [1.54, 1.807) is 12.1 Å². The minimum Gasteiger partial charge on any atom is -0.457 e. The zero-order valence-corrected chi connectivity index (χ0v) is 19.7. The molecule has 0 unspecified atom stereocenters. The van der Waals surface area contributed by atoms with Gasteiger partial charge in [0.1, 0.15) is 17.3 Å². The zero-order valence-electron chi connectivity index (χ0n) is 19.7. The molecule has 0 aliphatic carbocycles. The van der Waals surface area contributed by atoms with Gasteiger partial charge >= 0.3 is 6.18 Å². The molecule has 37 heavy (non-hydrogen) atoms. The van der Waals surface area contributed by atoms with Crippen LogP contribution in [-0.4, -0.2) is 12.5 Å². The average molecular weight is 509 g/mol. The molecule has 190 valence electrons. The van der Waals surface area contributed by atoms with Gasteiger partial charge in [-0.25, -0.2) is 4.39 Å². The number of ether oxygens (including phenoxy) is 1. The van der Waals surface area contributed by atoms with Crippen molar-refractivity contribution in [1.29, 1.82) is 0 Å². The van der Waals surface area contributed by atoms with Gasteiger partial charge in [0.05, 0.1) is 5.56 Å². The molecule has 0 aliphatic heterocycles. The molecule has 4 aromatic carbocycles. The Balaban J connectivity index is 1.49. The van der Waals surface area contributed by atoms with Gasteiger partial charge in [0.2, 0.25) is 5.91 Å². The van der Waals surface area contributed by atoms with Crippen LogP contribution in [0.1, 0.15) is 17.5 Å². The average Bonchev–Trinajstić information content (AvgIpc) is 2.88. The zero-order chi connectivity index (χ0) is 26.3. The van der Waals surface area contributed by atoms with Gasteiger partial charge in [-0.15, -0.1) is 0 Å². The van der Waals surface area contributed by atoms with Crippen molar-refractivity contribution < 1.29 is 27.1 Å². The summed E-state index contributed by atoms with van der Waals surface area (Å²) in [6.45, 7) is 0.642. The minimum absolute atomic E-state index is 0.0151. The monoisotopic (exact) mass is 508 g/mol. The Morgan fingerprint density at radius 1 is 0.811 bits per heavy atom. The summed E-state index contributed by atoms with van der Waals surface area (Å²) in [6, 6.07) is 27.2. The SMILES string of the molecule is O=C(CCN(Cc1ccc(F)cc1)c1cccc(Oc2ccccc2)c1)Nc1cccc(C(F)(F)F)c1. The molecule has 4 rings (SSSR count). The van der Waals surface area contributed by atoms with E-state index in [1.165, 1.54) is 24.3 Å². The Hall–Kier alpha value is -4.33. The second kappa shape index (κ2) is 11.6. The van der Waals surface area contributed by atoms with E-state index < -0.39 is 17.6 Å². The smallest absolute Gasteiger partial charge is 0.416 e. The van der Waals surface area contributed by atoms with E-state index in [4.69, 9.17) is 4.74 Å². The third-order valence-corrected chi connectivity index (χ3v) is 5.53. The maximum absolute atomic E-state index is 13.4. The fourth-order valence-corrected chi connectivity index (χ4v) is 3.71. The van der Waals surface area contributed by atoms with E-state index in [1.807, 2.05) is 59.5 Å². The third kappa shape index (κ3) is 7.57. The lowest BCUT2D eigenvalue weighted by molar-refractivity contribution is -0.137. The molecule has 4 aromatic rings. The van der Waals surface area contributed by atoms with Crippen molar-refractivity contribution in [2.75, 3.05) is 16.8 Å². The van der Waals surface area contributed by atoms with Crippen LogP contribution in [0.5, 0.6) is 11.5 Å². The second-order valence-corrected chi connectivity index (χ2v) is 8.34. The van der Waals surface area contributed by atoms with Crippen molar-refractivity contribution in [3.63, 3.8) is 0 Å². The van der Waals surface area contributed by atoms with Crippen molar-refractivity contribution in [2.45, 2.75) is 19.1 Å². The fraction of sp³-hybridized carbons (Fsp3) is 0.138. The number of nitrogens with one attached hydrogen (secondary N) is 1. The van der Waals surface area contributed by atoms with E-state index in [2.05, 4.69) is 5.32 Å². The van der Waals surface area contributed by atoms with Crippen LogP contribution < -0.4 is 15.0 Å². The van der Waals surface area contributed by atoms with Gasteiger partial charge in [0.15, 0.2) is 0 Å². The molecule has 0 radical (unpaired) electrons. The van der Waals surface area contributed by atoms with Crippen molar-refractivity contribution >= 4 is 17.3 Å². The first-order valence-corrected chi connectivity index (χ1v) is 11.6. The Kier molecular flexibility index (Phi) is 8.08. The number of para-hydroxylation sites is 1. The molecule has 0 spiro atoms. The molecule has 0 fully saturated rings. The highest BCUT2D eigenvalue weighted by Gasteiger charge is 2.30. The fourth-order valence-electron chi connectivity index (χ4n) is 3.71. The summed E-state index contributed by atoms with van der Waals surface area (Å²) in [7, 11) is 0. The first-order valence-electron chi connectivity index (χ1n) is 11.6. The third-order valence-electron chi connectivity index (χ3n) is 5.53. The number of rotatable bonds is 9. The van der Waals surface area contributed by atoms with Crippen LogP contribution in [0.25, 0.3) is 0 Å². The van der Waals surface area contributed by atoms with Crippen molar-refractivity contribution in [2.24, 2.45) is 0 Å². The van der Waals surface area contributed by atoms with Crippen LogP contribution in [0.2, 0.25) is 0 Å². The molecular weight excluding hydrogens is 484 g/mol. The number of nitrogens with zero attached hydrogens (tertiary/aromatic N) is 1. The molecule has 8 heteroatoms. The molecule has 0 saturated carbocycles. The number of alkyl halides is 3. The summed E-state index contributed by atoms with van der Waals surface area (Å²) in [4.78, 5) is 14.5. The highest BCUT2D eigenvalue weighted by molar-refractivity contribution is 5.91. The molecule has 1 N–H and O–H groups in total. The number of anilines is 2. The summed E-state index contributed by atoms with van der Waals surface area (Å²) < 4.78 is 58.3. The van der Waals surface area contributed by atoms with E-state index >= 15 is 0 Å². The van der Waals surface area contributed by atoms with E-state index in [-0.39, 0.29) is 24.5 Å². The first-order chi connectivity index (χ1) is 17.8. The van der Waals surface area contributed by atoms with Crippen LogP contribution >= 0.6 is 0 Å². The molecule has 0 atom stereocenters. The highest BCUT2D eigenvalue weighted by Crippen LogP contribution is 2.31. The summed E-state index contributed by atoms with van der Waals surface area (Å²) in [5.41, 5.74) is 0.834. The Labute approximate surface area is 212 Å². The van der Waals surface area contributed by atoms with Gasteiger partial charge in [0.25, 0.3) is 0 Å². The largest absolute Gasteiger partial charge is 0.457 e. The molecule has 4 nitrogen and oxygen atoms in total. The molecule has 0 saturated heterocycles. The summed E-state index contributed by atoms with van der Waals surface area (Å²) in [6.07, 6.45) is -4.49. The predicted octanol–water partition coefficient (Wildman–Crippen LogP) is 7.67. The lowest BCUT2D eigenvalue weighted by Gasteiger charge is -2.25. The van der Waals surface area contributed by atoms with E-state index in [0.717, 1.165) is 23.4 Å². The maximum Gasteiger partial charge on any atom is 0.416 e. The summed E-state index contributed by atoms with van der Waals surface area (Å²) in [5.74, 6) is 0.487. The van der Waals surface area contributed by atoms with Gasteiger partial charge in [-0.1, -0.05) is 42.5 Å². The lowest BCUT2D eigenvalue weighted by Crippen LogP contribution is -2.27. The second-order valence-electron chi connectivity index (χ2n) is 8.34. The van der Waals surface area contributed by atoms with Crippen LogP contribution in [0.3, 0.4) is 0 Å². The number of amides is 1. The van der Waals surface area contributed by atoms with Crippen LogP contribution in [0, 0.1) is 5.82 Å². The summed E-state index contributed by atoms with van der Waals surface area (Å²) >= 11 is 0. The number of hydrogen-bond donors (Lipinski definition) is 1. The van der Waals surface area contributed by atoms with E-state index in [9.17, 15) is 22.4 Å². The number of halogens is 4. The molecule has 0 bridgehead atoms. The standard InChI is InChI=1S/C29H24F4N2O2/c30-23-14-12-21(13-15-23)20-35(25-8-5-11-27(19-25)37-26-9-2-1-3-10-26)17-16-28(36)34-24-7-4-6-22(18-24)29(31,32)33/h1-15,18-19H,16-17,20H2,(H,34,36). The molecule has 1 amide bonds. The van der Waals surface area contributed by atoms with E-state index in [0.29, 0.717) is 18.0 Å². The van der Waals surface area contributed by atoms with Crippen LogP contribution in [0.4, 0.5) is 28.9 Å². The topological polar surface area (TPSA) is 41.6 Å². The van der Waals surface area contributed by atoms with Gasteiger partial charge in [0, 0.05) is 37.0 Å². The van der Waals surface area contributed by atoms with Gasteiger partial charge in [-0.05, 0) is 60.2 Å². The van der Waals surface area contributed by atoms with Gasteiger partial charge in [-0.3, -0.25) is 4.79 Å². The number of carbonyl (C=O) groups is 1. The molecule has 0 heterocycles. The minimum atomic E-state index is -4.50. The van der Waals surface area contributed by atoms with Crippen LogP contribution in [-0.2, 0) is 17.5 Å². The number of hydrogen-bond acceptors (Lipinski definition) is 3. The quantitative estimate of drug-likeness (QED) is 0.236. The highest BCUT2D eigenvalue weighted by atomic mass is 19.4. The van der Waals surface area contributed by atoms with Gasteiger partial charge < -0.3 is 15.0 Å². The molecule has 0 aromatic heterocycles. The normalized spacial score (nSPS) is 11.1. The molecule has 0 aliphatic rings. The number of carbonyl (C=O) groups excluding carboxylic acids is 1. The van der Waals surface area contributed by atoms with Crippen molar-refractivity contribution in [1.82, 2.24) is 0 Å².